The predicted octanol–water partition coefficient (Wildman–Crippen LogP) is 5.67. The highest BCUT2D eigenvalue weighted by Gasteiger charge is 2.08. The minimum absolute atomic E-state index is 0.675. The normalized spacial score (nSPS) is 12.0. The van der Waals surface area contributed by atoms with E-state index in [1.54, 1.807) is 0 Å². The van der Waals surface area contributed by atoms with Crippen LogP contribution < -0.4 is 0 Å². The number of rotatable bonds is 2. The molecular formula is C20H19N. The highest BCUT2D eigenvalue weighted by atomic mass is 14.7. The van der Waals surface area contributed by atoms with E-state index < -0.39 is 0 Å². The lowest BCUT2D eigenvalue weighted by Crippen LogP contribution is -1.94. The third-order valence-corrected chi connectivity index (χ3v) is 4.22. The van der Waals surface area contributed by atoms with Crippen LogP contribution in [0.2, 0.25) is 0 Å². The first-order valence-corrected chi connectivity index (χ1v) is 7.64. The summed E-state index contributed by atoms with van der Waals surface area (Å²) < 4.78 is 0. The second kappa shape index (κ2) is 4.63. The maximum Gasteiger partial charge on any atom is 0.0471 e. The molecule has 0 aliphatic rings. The molecule has 0 amide bonds. The summed E-state index contributed by atoms with van der Waals surface area (Å²) in [5.41, 5.74) is 3.90. The van der Waals surface area contributed by atoms with Crippen molar-refractivity contribution in [3.8, 4) is 0 Å². The Kier molecular flexibility index (Phi) is 2.75. The topological polar surface area (TPSA) is 15.8 Å². The molecule has 0 atom stereocenters. The van der Waals surface area contributed by atoms with Gasteiger partial charge in [-0.05, 0) is 46.9 Å². The second-order valence-electron chi connectivity index (χ2n) is 6.30. The van der Waals surface area contributed by atoms with Gasteiger partial charge >= 0.3 is 0 Å². The lowest BCUT2D eigenvalue weighted by molar-refractivity contribution is 0.650. The first-order chi connectivity index (χ1) is 10.2. The molecule has 0 bridgehead atoms. The maximum absolute atomic E-state index is 3.55. The zero-order valence-electron chi connectivity index (χ0n) is 12.5. The fourth-order valence-corrected chi connectivity index (χ4v) is 3.31. The van der Waals surface area contributed by atoms with Gasteiger partial charge in [-0.3, -0.25) is 0 Å². The molecule has 4 aromatic rings. The molecule has 1 N–H and O–H groups in total. The third-order valence-electron chi connectivity index (χ3n) is 4.22. The van der Waals surface area contributed by atoms with Gasteiger partial charge < -0.3 is 4.98 Å². The van der Waals surface area contributed by atoms with Gasteiger partial charge in [0.2, 0.25) is 0 Å². The zero-order chi connectivity index (χ0) is 14.4. The molecule has 3 aromatic carbocycles. The Morgan fingerprint density at radius 2 is 1.67 bits per heavy atom. The maximum atomic E-state index is 3.55. The predicted molar refractivity (Wildman–Crippen MR) is 91.9 cm³/mol. The van der Waals surface area contributed by atoms with E-state index >= 15 is 0 Å². The number of aromatic nitrogens is 1. The summed E-state index contributed by atoms with van der Waals surface area (Å²) in [7, 11) is 0. The van der Waals surface area contributed by atoms with Gasteiger partial charge in [0, 0.05) is 21.8 Å². The molecular weight excluding hydrogens is 254 g/mol. The average Bonchev–Trinajstić information content (AvgIpc) is 2.83. The van der Waals surface area contributed by atoms with Crippen molar-refractivity contribution in [3.63, 3.8) is 0 Å². The van der Waals surface area contributed by atoms with Crippen LogP contribution in [0, 0.1) is 5.92 Å². The molecule has 0 aliphatic heterocycles. The number of hydrogen-bond acceptors (Lipinski definition) is 0. The summed E-state index contributed by atoms with van der Waals surface area (Å²) >= 11 is 0. The largest absolute Gasteiger partial charge is 0.354 e. The molecule has 0 unspecified atom stereocenters. The Morgan fingerprint density at radius 3 is 2.52 bits per heavy atom. The molecule has 0 fully saturated rings. The van der Waals surface area contributed by atoms with Gasteiger partial charge in [0.1, 0.15) is 0 Å². The van der Waals surface area contributed by atoms with Gasteiger partial charge in [-0.1, -0.05) is 50.2 Å². The Balaban J connectivity index is 2.07. The summed E-state index contributed by atoms with van der Waals surface area (Å²) in [4.78, 5) is 3.55. The SMILES string of the molecule is CC(C)Cc1cccc2cc3c(cc12)[nH]c1ccccc13. The molecule has 104 valence electrons. The van der Waals surface area contributed by atoms with Crippen LogP contribution in [0.1, 0.15) is 19.4 Å². The molecule has 1 heterocycles. The van der Waals surface area contributed by atoms with Crippen LogP contribution in [-0.2, 0) is 6.42 Å². The zero-order valence-corrected chi connectivity index (χ0v) is 12.5. The van der Waals surface area contributed by atoms with Crippen molar-refractivity contribution in [1.29, 1.82) is 0 Å². The standard InChI is InChI=1S/C20H19N/c1-13(2)10-14-6-5-7-15-11-18-16-8-3-4-9-19(16)21-20(18)12-17(14)15/h3-9,11-13,21H,10H2,1-2H3. The molecule has 0 radical (unpaired) electrons. The Labute approximate surface area is 124 Å². The monoisotopic (exact) mass is 273 g/mol. The van der Waals surface area contributed by atoms with Crippen molar-refractivity contribution >= 4 is 32.6 Å². The lowest BCUT2D eigenvalue weighted by atomic mass is 9.96. The minimum Gasteiger partial charge on any atom is -0.354 e. The van der Waals surface area contributed by atoms with E-state index in [-0.39, 0.29) is 0 Å². The number of aromatic amines is 1. The molecule has 0 saturated heterocycles. The van der Waals surface area contributed by atoms with Crippen molar-refractivity contribution in [3.05, 3.63) is 60.2 Å². The van der Waals surface area contributed by atoms with Crippen molar-refractivity contribution in [2.75, 3.05) is 0 Å². The van der Waals surface area contributed by atoms with Crippen LogP contribution in [0.15, 0.2) is 54.6 Å². The van der Waals surface area contributed by atoms with E-state index in [0.717, 1.165) is 6.42 Å². The van der Waals surface area contributed by atoms with Crippen LogP contribution in [0.5, 0.6) is 0 Å². The summed E-state index contributed by atoms with van der Waals surface area (Å²) in [5.74, 6) is 0.675. The van der Waals surface area contributed by atoms with E-state index in [9.17, 15) is 0 Å². The van der Waals surface area contributed by atoms with E-state index in [4.69, 9.17) is 0 Å². The number of benzene rings is 3. The number of para-hydroxylation sites is 1. The van der Waals surface area contributed by atoms with E-state index in [1.807, 2.05) is 0 Å². The third kappa shape index (κ3) is 2.01. The van der Waals surface area contributed by atoms with Gasteiger partial charge in [-0.25, -0.2) is 0 Å². The van der Waals surface area contributed by atoms with Crippen molar-refractivity contribution in [2.45, 2.75) is 20.3 Å². The molecule has 1 aromatic heterocycles. The van der Waals surface area contributed by atoms with Gasteiger partial charge in [0.15, 0.2) is 0 Å². The summed E-state index contributed by atoms with van der Waals surface area (Å²) in [6.07, 6.45) is 1.13. The van der Waals surface area contributed by atoms with Crippen LogP contribution in [0.4, 0.5) is 0 Å². The smallest absolute Gasteiger partial charge is 0.0471 e. The quantitative estimate of drug-likeness (QED) is 0.484. The molecule has 21 heavy (non-hydrogen) atoms. The van der Waals surface area contributed by atoms with Gasteiger partial charge in [-0.2, -0.15) is 0 Å². The first kappa shape index (κ1) is 12.5. The van der Waals surface area contributed by atoms with Gasteiger partial charge in [-0.15, -0.1) is 0 Å². The van der Waals surface area contributed by atoms with Crippen LogP contribution in [-0.4, -0.2) is 4.98 Å². The highest BCUT2D eigenvalue weighted by Crippen LogP contribution is 2.31. The fraction of sp³-hybridized carbons (Fsp3) is 0.200. The van der Waals surface area contributed by atoms with Gasteiger partial charge in [0.25, 0.3) is 0 Å². The molecule has 0 spiro atoms. The Bertz CT molecular complexity index is 944. The molecule has 0 saturated carbocycles. The summed E-state index contributed by atoms with van der Waals surface area (Å²) in [6.45, 7) is 4.56. The van der Waals surface area contributed by atoms with Crippen LogP contribution in [0.3, 0.4) is 0 Å². The molecule has 1 nitrogen and oxygen atoms in total. The first-order valence-electron chi connectivity index (χ1n) is 7.64. The number of hydrogen-bond donors (Lipinski definition) is 1. The average molecular weight is 273 g/mol. The molecule has 0 aliphatic carbocycles. The van der Waals surface area contributed by atoms with Crippen molar-refractivity contribution in [1.82, 2.24) is 4.98 Å². The fourth-order valence-electron chi connectivity index (χ4n) is 3.31. The summed E-state index contributed by atoms with van der Waals surface area (Å²) in [5, 5.41) is 5.35. The van der Waals surface area contributed by atoms with Gasteiger partial charge in [0.05, 0.1) is 0 Å². The van der Waals surface area contributed by atoms with Crippen molar-refractivity contribution < 1.29 is 0 Å². The van der Waals surface area contributed by atoms with Crippen molar-refractivity contribution in [2.24, 2.45) is 5.92 Å². The lowest BCUT2D eigenvalue weighted by Gasteiger charge is -2.09. The Morgan fingerprint density at radius 1 is 0.810 bits per heavy atom. The Hall–Kier alpha value is -2.28. The number of H-pyrrole nitrogens is 1. The summed E-state index contributed by atoms with van der Waals surface area (Å²) in [6, 6.07) is 19.8. The van der Waals surface area contributed by atoms with E-state index in [0.29, 0.717) is 5.92 Å². The number of nitrogens with one attached hydrogen (secondary N) is 1. The van der Waals surface area contributed by atoms with Crippen LogP contribution in [0.25, 0.3) is 32.6 Å². The van der Waals surface area contributed by atoms with Crippen LogP contribution >= 0.6 is 0 Å². The second-order valence-corrected chi connectivity index (χ2v) is 6.30. The number of fused-ring (bicyclic) bond motifs is 4. The molecule has 1 heteroatoms. The molecule has 4 rings (SSSR count). The van der Waals surface area contributed by atoms with E-state index in [2.05, 4.69) is 73.4 Å². The minimum atomic E-state index is 0.675. The highest BCUT2D eigenvalue weighted by molar-refractivity contribution is 6.12. The van der Waals surface area contributed by atoms with E-state index in [1.165, 1.54) is 38.1 Å².